The van der Waals surface area contributed by atoms with Gasteiger partial charge in [-0.3, -0.25) is 0 Å². The predicted molar refractivity (Wildman–Crippen MR) is 84.8 cm³/mol. The Labute approximate surface area is 127 Å². The van der Waals surface area contributed by atoms with Gasteiger partial charge in [-0.1, -0.05) is 0 Å². The molecule has 21 heavy (non-hydrogen) atoms. The molecule has 1 N–H and O–H groups in total. The number of hydrogen-bond acceptors (Lipinski definition) is 5. The molecule has 0 aromatic carbocycles. The fraction of sp³-hybridized carbons (Fsp3) is 0.600. The van der Waals surface area contributed by atoms with E-state index in [1.165, 1.54) is 0 Å². The van der Waals surface area contributed by atoms with Gasteiger partial charge in [0.2, 0.25) is 0 Å². The lowest BCUT2D eigenvalue weighted by molar-refractivity contribution is 0.00578. The second-order valence-corrected chi connectivity index (χ2v) is 6.39. The van der Waals surface area contributed by atoms with Gasteiger partial charge in [0.25, 0.3) is 0 Å². The average Bonchev–Trinajstić information content (AvgIpc) is 2.58. The Morgan fingerprint density at radius 1 is 1.29 bits per heavy atom. The third-order valence-corrected chi connectivity index (χ3v) is 4.06. The number of nitrogens with zero attached hydrogens (tertiary/aromatic N) is 2. The molecular weight excluding hydrogens is 265 g/mol. The molecule has 1 saturated heterocycles. The fourth-order valence-corrected chi connectivity index (χ4v) is 2.10. The Kier molecular flexibility index (Phi) is 4.51. The zero-order valence-electron chi connectivity index (χ0n) is 13.7. The molecular formula is C15H24BN3O2. The molecule has 0 aliphatic carbocycles. The van der Waals surface area contributed by atoms with E-state index in [0.29, 0.717) is 12.4 Å². The van der Waals surface area contributed by atoms with Crippen molar-refractivity contribution in [2.24, 2.45) is 0 Å². The van der Waals surface area contributed by atoms with Crippen LogP contribution in [0.3, 0.4) is 0 Å². The summed E-state index contributed by atoms with van der Waals surface area (Å²) in [5.74, 6) is 0.676. The Balaban J connectivity index is 2.28. The molecule has 0 unspecified atom stereocenters. The average molecular weight is 289 g/mol. The van der Waals surface area contributed by atoms with Crippen LogP contribution in [0.4, 0.5) is 0 Å². The molecule has 0 spiro atoms. The third kappa shape index (κ3) is 3.51. The van der Waals surface area contributed by atoms with Crippen molar-refractivity contribution >= 4 is 13.2 Å². The van der Waals surface area contributed by atoms with Crippen LogP contribution in [0.1, 0.15) is 39.2 Å². The highest BCUT2D eigenvalue weighted by Gasteiger charge is 2.52. The Bertz CT molecular complexity index is 527. The molecule has 0 saturated carbocycles. The smallest absolute Gasteiger partial charge is 0.400 e. The van der Waals surface area contributed by atoms with Crippen LogP contribution >= 0.6 is 0 Å². The summed E-state index contributed by atoms with van der Waals surface area (Å²) >= 11 is 0. The maximum Gasteiger partial charge on any atom is 0.492 e. The lowest BCUT2D eigenvalue weighted by Gasteiger charge is -2.32. The van der Waals surface area contributed by atoms with Crippen LogP contribution in [-0.4, -0.2) is 41.9 Å². The number of rotatable bonds is 4. The maximum atomic E-state index is 6.10. The molecule has 1 fully saturated rings. The molecule has 1 aliphatic heterocycles. The number of hydrogen-bond donors (Lipinski definition) is 1. The summed E-state index contributed by atoms with van der Waals surface area (Å²) in [5, 5.41) is 3.15. The largest absolute Gasteiger partial charge is 0.492 e. The van der Waals surface area contributed by atoms with E-state index in [2.05, 4.69) is 15.3 Å². The van der Waals surface area contributed by atoms with E-state index >= 15 is 0 Å². The molecule has 5 nitrogen and oxygen atoms in total. The highest BCUT2D eigenvalue weighted by atomic mass is 16.7. The van der Waals surface area contributed by atoms with Crippen molar-refractivity contribution in [1.29, 1.82) is 0 Å². The quantitative estimate of drug-likeness (QED) is 0.859. The molecule has 1 aromatic heterocycles. The van der Waals surface area contributed by atoms with Crippen LogP contribution < -0.4 is 5.32 Å². The summed E-state index contributed by atoms with van der Waals surface area (Å²) in [6, 6.07) is 1.88. The standard InChI is InChI=1S/C15H24BN3O2/c1-11-7-8-18-13(19-11)9-12(10-17-6)16-20-14(2,3)15(4,5)21-16/h7-9,17H,10H2,1-6H3. The molecule has 0 bridgehead atoms. The molecule has 0 radical (unpaired) electrons. The van der Waals surface area contributed by atoms with Gasteiger partial charge in [0, 0.05) is 18.4 Å². The van der Waals surface area contributed by atoms with E-state index in [1.54, 1.807) is 6.20 Å². The van der Waals surface area contributed by atoms with E-state index in [0.717, 1.165) is 11.2 Å². The SMILES string of the molecule is CNCC(=Cc1nccc(C)n1)B1OC(C)(C)C(C)(C)O1. The number of likely N-dealkylation sites (N-methyl/N-ethyl adjacent to an activating group) is 1. The van der Waals surface area contributed by atoms with Crippen molar-refractivity contribution in [3.63, 3.8) is 0 Å². The van der Waals surface area contributed by atoms with Crippen molar-refractivity contribution < 1.29 is 9.31 Å². The van der Waals surface area contributed by atoms with Crippen molar-refractivity contribution in [3.8, 4) is 0 Å². The highest BCUT2D eigenvalue weighted by Crippen LogP contribution is 2.38. The number of nitrogens with one attached hydrogen (secondary N) is 1. The van der Waals surface area contributed by atoms with E-state index in [4.69, 9.17) is 9.31 Å². The number of aromatic nitrogens is 2. The van der Waals surface area contributed by atoms with Crippen LogP contribution in [0, 0.1) is 6.92 Å². The summed E-state index contributed by atoms with van der Waals surface area (Å²) in [6.07, 6.45) is 3.70. The van der Waals surface area contributed by atoms with Gasteiger partial charge in [0.05, 0.1) is 11.2 Å². The third-order valence-electron chi connectivity index (χ3n) is 4.06. The van der Waals surface area contributed by atoms with Gasteiger partial charge in [0.1, 0.15) is 0 Å². The first kappa shape index (κ1) is 16.1. The normalized spacial score (nSPS) is 20.9. The Morgan fingerprint density at radius 3 is 2.43 bits per heavy atom. The molecule has 0 amide bonds. The molecule has 6 heteroatoms. The minimum Gasteiger partial charge on any atom is -0.400 e. The first-order valence-corrected chi connectivity index (χ1v) is 7.25. The van der Waals surface area contributed by atoms with Crippen LogP contribution in [-0.2, 0) is 9.31 Å². The first-order chi connectivity index (χ1) is 9.75. The Morgan fingerprint density at radius 2 is 1.90 bits per heavy atom. The molecule has 1 aliphatic rings. The Hall–Kier alpha value is -1.24. The van der Waals surface area contributed by atoms with E-state index in [9.17, 15) is 0 Å². The summed E-state index contributed by atoms with van der Waals surface area (Å²) in [4.78, 5) is 8.69. The fourth-order valence-electron chi connectivity index (χ4n) is 2.10. The van der Waals surface area contributed by atoms with Gasteiger partial charge in [-0.15, -0.1) is 0 Å². The lowest BCUT2D eigenvalue weighted by atomic mass is 9.77. The topological polar surface area (TPSA) is 56.3 Å². The summed E-state index contributed by atoms with van der Waals surface area (Å²) in [5.41, 5.74) is 1.23. The van der Waals surface area contributed by atoms with E-state index in [-0.39, 0.29) is 18.3 Å². The van der Waals surface area contributed by atoms with E-state index < -0.39 is 0 Å². The number of aryl methyl sites for hydroxylation is 1. The summed E-state index contributed by atoms with van der Waals surface area (Å²) in [6.45, 7) is 10.8. The molecule has 2 heterocycles. The zero-order valence-corrected chi connectivity index (χ0v) is 13.7. The first-order valence-electron chi connectivity index (χ1n) is 7.25. The minimum absolute atomic E-state index is 0.349. The predicted octanol–water partition coefficient (Wildman–Crippen LogP) is 2.02. The molecule has 114 valence electrons. The van der Waals surface area contributed by atoms with Crippen LogP contribution in [0.25, 0.3) is 6.08 Å². The van der Waals surface area contributed by atoms with Crippen molar-refractivity contribution in [2.75, 3.05) is 13.6 Å². The highest BCUT2D eigenvalue weighted by molar-refractivity contribution is 6.55. The van der Waals surface area contributed by atoms with Crippen molar-refractivity contribution in [1.82, 2.24) is 15.3 Å². The van der Waals surface area contributed by atoms with Gasteiger partial charge in [-0.2, -0.15) is 0 Å². The zero-order chi connectivity index (χ0) is 15.7. The maximum absolute atomic E-state index is 6.10. The van der Waals surface area contributed by atoms with Crippen molar-refractivity contribution in [2.45, 2.75) is 45.8 Å². The van der Waals surface area contributed by atoms with Crippen LogP contribution in [0.2, 0.25) is 0 Å². The molecule has 1 aromatic rings. The van der Waals surface area contributed by atoms with Gasteiger partial charge in [-0.25, -0.2) is 9.97 Å². The van der Waals surface area contributed by atoms with Crippen LogP contribution in [0.15, 0.2) is 17.7 Å². The second-order valence-electron chi connectivity index (χ2n) is 6.39. The lowest BCUT2D eigenvalue weighted by Crippen LogP contribution is -2.41. The van der Waals surface area contributed by atoms with Crippen molar-refractivity contribution in [3.05, 3.63) is 29.3 Å². The minimum atomic E-state index is -0.383. The molecule has 2 rings (SSSR count). The summed E-state index contributed by atoms with van der Waals surface area (Å²) in [7, 11) is 1.52. The second kappa shape index (κ2) is 5.87. The van der Waals surface area contributed by atoms with Crippen LogP contribution in [0.5, 0.6) is 0 Å². The monoisotopic (exact) mass is 289 g/mol. The van der Waals surface area contributed by atoms with Gasteiger partial charge >= 0.3 is 7.12 Å². The van der Waals surface area contributed by atoms with Gasteiger partial charge in [0.15, 0.2) is 5.82 Å². The van der Waals surface area contributed by atoms with Gasteiger partial charge in [-0.05, 0) is 59.3 Å². The summed E-state index contributed by atoms with van der Waals surface area (Å²) < 4.78 is 12.2. The van der Waals surface area contributed by atoms with E-state index in [1.807, 2.05) is 53.8 Å². The van der Waals surface area contributed by atoms with Gasteiger partial charge < -0.3 is 14.6 Å². The molecule has 0 atom stereocenters.